The molecule has 0 N–H and O–H groups in total. The molecule has 0 aliphatic heterocycles. The van der Waals surface area contributed by atoms with Crippen molar-refractivity contribution in [2.24, 2.45) is 0 Å². The maximum absolute atomic E-state index is 5.89. The first-order chi connectivity index (χ1) is 9.45. The fourth-order valence-electron chi connectivity index (χ4n) is 2.13. The van der Waals surface area contributed by atoms with Crippen LogP contribution in [0.4, 0.5) is 0 Å². The molecule has 20 heavy (non-hydrogen) atoms. The summed E-state index contributed by atoms with van der Waals surface area (Å²) in [5.41, 5.74) is 4.01. The summed E-state index contributed by atoms with van der Waals surface area (Å²) in [6, 6.07) is 14.2. The van der Waals surface area contributed by atoms with Crippen LogP contribution < -0.4 is 0 Å². The van der Waals surface area contributed by atoms with Crippen molar-refractivity contribution in [2.75, 3.05) is 0 Å². The lowest BCUT2D eigenvalue weighted by Gasteiger charge is -2.18. The van der Waals surface area contributed by atoms with Gasteiger partial charge in [0, 0.05) is 5.56 Å². The third-order valence-corrected chi connectivity index (χ3v) is 3.92. The van der Waals surface area contributed by atoms with Crippen LogP contribution in [0.15, 0.2) is 51.4 Å². The zero-order chi connectivity index (χ0) is 14.3. The highest BCUT2D eigenvalue weighted by Gasteiger charge is 2.18. The van der Waals surface area contributed by atoms with Crippen LogP contribution in [0, 0.1) is 0 Å². The Hall–Kier alpha value is -1.61. The number of benzene rings is 2. The van der Waals surface area contributed by atoms with E-state index in [1.165, 1.54) is 5.56 Å². The molecular formula is C17H16BrNO. The summed E-state index contributed by atoms with van der Waals surface area (Å²) in [7, 11) is 0. The van der Waals surface area contributed by atoms with E-state index in [0.29, 0.717) is 5.89 Å². The largest absolute Gasteiger partial charge is 0.435 e. The van der Waals surface area contributed by atoms with Crippen molar-refractivity contribution in [3.63, 3.8) is 0 Å². The molecule has 0 saturated carbocycles. The van der Waals surface area contributed by atoms with Gasteiger partial charge in [-0.2, -0.15) is 0 Å². The predicted molar refractivity (Wildman–Crippen MR) is 85.8 cm³/mol. The van der Waals surface area contributed by atoms with Gasteiger partial charge >= 0.3 is 0 Å². The van der Waals surface area contributed by atoms with Crippen LogP contribution in [0.3, 0.4) is 0 Å². The second kappa shape index (κ2) is 4.74. The number of oxazole rings is 1. The van der Waals surface area contributed by atoms with E-state index in [-0.39, 0.29) is 5.41 Å². The molecule has 2 nitrogen and oxygen atoms in total. The minimum Gasteiger partial charge on any atom is -0.435 e. The topological polar surface area (TPSA) is 26.0 Å². The Morgan fingerprint density at radius 2 is 1.75 bits per heavy atom. The van der Waals surface area contributed by atoms with Gasteiger partial charge in [-0.1, -0.05) is 39.0 Å². The Morgan fingerprint density at radius 1 is 1.05 bits per heavy atom. The van der Waals surface area contributed by atoms with Gasteiger partial charge in [-0.05, 0) is 51.2 Å². The van der Waals surface area contributed by atoms with E-state index in [9.17, 15) is 0 Å². The van der Waals surface area contributed by atoms with Gasteiger partial charge in [0.05, 0.1) is 4.47 Å². The molecule has 102 valence electrons. The summed E-state index contributed by atoms with van der Waals surface area (Å²) >= 11 is 3.59. The van der Waals surface area contributed by atoms with Gasteiger partial charge < -0.3 is 4.42 Å². The van der Waals surface area contributed by atoms with Crippen LogP contribution >= 0.6 is 15.9 Å². The Kier molecular flexibility index (Phi) is 3.17. The quantitative estimate of drug-likeness (QED) is 0.584. The second-order valence-corrected chi connectivity index (χ2v) is 6.80. The average molecular weight is 331 g/mol. The van der Waals surface area contributed by atoms with Gasteiger partial charge in [0.2, 0.25) is 5.89 Å². The van der Waals surface area contributed by atoms with Crippen LogP contribution in [0.1, 0.15) is 26.3 Å². The fraction of sp³-hybridized carbons (Fsp3) is 0.235. The third kappa shape index (κ3) is 2.38. The lowest BCUT2D eigenvalue weighted by atomic mass is 9.87. The summed E-state index contributed by atoms with van der Waals surface area (Å²) < 4.78 is 6.85. The Balaban J connectivity index is 2.19. The van der Waals surface area contributed by atoms with Crippen LogP contribution in [-0.2, 0) is 5.41 Å². The lowest BCUT2D eigenvalue weighted by Crippen LogP contribution is -2.10. The van der Waals surface area contributed by atoms with Crippen LogP contribution in [0.5, 0.6) is 0 Å². The van der Waals surface area contributed by atoms with Crippen molar-refractivity contribution in [2.45, 2.75) is 26.2 Å². The fourth-order valence-corrected chi connectivity index (χ4v) is 2.66. The molecule has 0 bridgehead atoms. The van der Waals surface area contributed by atoms with E-state index >= 15 is 0 Å². The summed E-state index contributed by atoms with van der Waals surface area (Å²) in [5, 5.41) is 0. The maximum atomic E-state index is 5.89. The van der Waals surface area contributed by atoms with E-state index in [0.717, 1.165) is 21.1 Å². The molecule has 0 radical (unpaired) electrons. The highest BCUT2D eigenvalue weighted by Crippen LogP contribution is 2.34. The number of hydrogen-bond acceptors (Lipinski definition) is 2. The van der Waals surface area contributed by atoms with Crippen molar-refractivity contribution >= 4 is 27.0 Å². The molecule has 0 aliphatic rings. The molecule has 0 saturated heterocycles. The molecule has 0 fully saturated rings. The predicted octanol–water partition coefficient (Wildman–Crippen LogP) is 5.55. The number of hydrogen-bond donors (Lipinski definition) is 0. The van der Waals surface area contributed by atoms with E-state index in [1.54, 1.807) is 0 Å². The zero-order valence-corrected chi connectivity index (χ0v) is 13.4. The average Bonchev–Trinajstić information content (AvgIpc) is 2.83. The van der Waals surface area contributed by atoms with Gasteiger partial charge in [-0.3, -0.25) is 0 Å². The Bertz CT molecular complexity index is 754. The molecule has 0 atom stereocenters. The molecule has 3 heteroatoms. The molecule has 0 spiro atoms. The molecule has 1 aromatic heterocycles. The van der Waals surface area contributed by atoms with Crippen LogP contribution in [0.25, 0.3) is 22.6 Å². The molecule has 0 unspecified atom stereocenters. The van der Waals surface area contributed by atoms with Crippen molar-refractivity contribution in [3.8, 4) is 11.5 Å². The number of nitrogens with zero attached hydrogens (tertiary/aromatic N) is 1. The number of halogens is 1. The molecule has 2 aromatic carbocycles. The van der Waals surface area contributed by atoms with Gasteiger partial charge in [-0.15, -0.1) is 0 Å². The van der Waals surface area contributed by atoms with E-state index < -0.39 is 0 Å². The van der Waals surface area contributed by atoms with Crippen molar-refractivity contribution in [3.05, 3.63) is 52.5 Å². The van der Waals surface area contributed by atoms with E-state index in [1.807, 2.05) is 30.3 Å². The normalized spacial score (nSPS) is 12.0. The summed E-state index contributed by atoms with van der Waals surface area (Å²) in [4.78, 5) is 4.62. The van der Waals surface area contributed by atoms with Gasteiger partial charge in [0.25, 0.3) is 0 Å². The minimum absolute atomic E-state index is 0.0859. The molecule has 1 heterocycles. The highest BCUT2D eigenvalue weighted by atomic mass is 79.9. The Morgan fingerprint density at radius 3 is 2.40 bits per heavy atom. The third-order valence-electron chi connectivity index (χ3n) is 3.33. The van der Waals surface area contributed by atoms with Gasteiger partial charge in [-0.25, -0.2) is 4.98 Å². The molecule has 3 aromatic rings. The molecule has 3 rings (SSSR count). The summed E-state index contributed by atoms with van der Waals surface area (Å²) in [5.74, 6) is 0.660. The van der Waals surface area contributed by atoms with Crippen molar-refractivity contribution in [1.82, 2.24) is 4.98 Å². The van der Waals surface area contributed by atoms with Crippen molar-refractivity contribution in [1.29, 1.82) is 0 Å². The smallest absolute Gasteiger partial charge is 0.227 e. The zero-order valence-electron chi connectivity index (χ0n) is 11.8. The summed E-state index contributed by atoms with van der Waals surface area (Å²) in [6.45, 7) is 6.58. The summed E-state index contributed by atoms with van der Waals surface area (Å²) in [6.07, 6.45) is 0. The lowest BCUT2D eigenvalue weighted by molar-refractivity contribution is 0.589. The minimum atomic E-state index is 0.0859. The molecule has 0 amide bonds. The number of aromatic nitrogens is 1. The van der Waals surface area contributed by atoms with Gasteiger partial charge in [0.1, 0.15) is 5.52 Å². The highest BCUT2D eigenvalue weighted by molar-refractivity contribution is 9.10. The SMILES string of the molecule is CC(C)(C)c1cc(Br)c2o[13c](-c3ccccc3)nc2c1. The first-order valence-electron chi connectivity index (χ1n) is 6.61. The van der Waals surface area contributed by atoms with Gasteiger partial charge in [0.15, 0.2) is 5.58 Å². The molecule has 0 aliphatic carbocycles. The second-order valence-electron chi connectivity index (χ2n) is 5.94. The number of fused-ring (bicyclic) bond motifs is 1. The van der Waals surface area contributed by atoms with Crippen LogP contribution in [0.2, 0.25) is 0 Å². The van der Waals surface area contributed by atoms with E-state index in [4.69, 9.17) is 4.42 Å². The Labute approximate surface area is 127 Å². The first kappa shape index (κ1) is 13.4. The molecular weight excluding hydrogens is 315 g/mol. The maximum Gasteiger partial charge on any atom is 0.227 e. The monoisotopic (exact) mass is 330 g/mol. The standard InChI is InChI=1S/C17H16BrNO/c1-17(2,3)12-9-13(18)15-14(10-12)19-16(20-15)11-7-5-4-6-8-11/h4-10H,1-3H3/i16+1. The number of rotatable bonds is 1. The van der Waals surface area contributed by atoms with E-state index in [2.05, 4.69) is 53.8 Å². The van der Waals surface area contributed by atoms with Crippen molar-refractivity contribution < 1.29 is 4.42 Å². The van der Waals surface area contributed by atoms with Crippen LogP contribution in [-0.4, -0.2) is 4.98 Å². The first-order valence-corrected chi connectivity index (χ1v) is 7.40.